The van der Waals surface area contributed by atoms with Gasteiger partial charge in [-0.1, -0.05) is 6.07 Å². The van der Waals surface area contributed by atoms with Crippen LogP contribution in [0.5, 0.6) is 5.75 Å². The molecule has 9 nitrogen and oxygen atoms in total. The van der Waals surface area contributed by atoms with E-state index in [0.29, 0.717) is 54.0 Å². The van der Waals surface area contributed by atoms with Gasteiger partial charge in [-0.2, -0.15) is 4.98 Å². The van der Waals surface area contributed by atoms with Crippen LogP contribution < -0.4 is 20.3 Å². The third kappa shape index (κ3) is 4.08. The molecule has 2 aliphatic rings. The Labute approximate surface area is 202 Å². The summed E-state index contributed by atoms with van der Waals surface area (Å²) in [6, 6.07) is 8.02. The summed E-state index contributed by atoms with van der Waals surface area (Å²) in [6.45, 7) is 3.75. The largest absolute Gasteiger partial charge is 0.496 e. The zero-order valence-corrected chi connectivity index (χ0v) is 19.9. The summed E-state index contributed by atoms with van der Waals surface area (Å²) < 4.78 is 25.5. The molecular formula is C25H27FN6O3. The van der Waals surface area contributed by atoms with Crippen molar-refractivity contribution in [3.05, 3.63) is 59.2 Å². The van der Waals surface area contributed by atoms with Crippen molar-refractivity contribution < 1.29 is 18.7 Å². The van der Waals surface area contributed by atoms with Crippen LogP contribution in [-0.2, 0) is 11.3 Å². The second kappa shape index (κ2) is 8.86. The minimum absolute atomic E-state index is 0.204. The number of amides is 1. The molecule has 1 atom stereocenters. The second-order valence-corrected chi connectivity index (χ2v) is 9.03. The molecule has 35 heavy (non-hydrogen) atoms. The smallest absolute Gasteiger partial charge is 0.260 e. The number of carbonyl (C=O) groups is 1. The minimum atomic E-state index is -0.471. The molecule has 2 aliphatic heterocycles. The highest BCUT2D eigenvalue weighted by Gasteiger charge is 2.37. The van der Waals surface area contributed by atoms with Crippen LogP contribution >= 0.6 is 0 Å². The minimum Gasteiger partial charge on any atom is -0.496 e. The molecule has 182 valence electrons. The van der Waals surface area contributed by atoms with Crippen molar-refractivity contribution >= 4 is 17.7 Å². The predicted molar refractivity (Wildman–Crippen MR) is 129 cm³/mol. The number of aromatic nitrogens is 3. The van der Waals surface area contributed by atoms with Crippen molar-refractivity contribution in [1.82, 2.24) is 15.0 Å². The van der Waals surface area contributed by atoms with E-state index < -0.39 is 11.4 Å². The first-order valence-corrected chi connectivity index (χ1v) is 11.3. The van der Waals surface area contributed by atoms with Crippen LogP contribution in [0.3, 0.4) is 0 Å². The molecule has 5 rings (SSSR count). The lowest BCUT2D eigenvalue weighted by Crippen LogP contribution is -2.47. The normalized spacial score (nSPS) is 19.4. The van der Waals surface area contributed by atoms with Crippen LogP contribution in [-0.4, -0.2) is 60.3 Å². The van der Waals surface area contributed by atoms with Crippen LogP contribution in [0.2, 0.25) is 0 Å². The lowest BCUT2D eigenvalue weighted by Gasteiger charge is -2.24. The van der Waals surface area contributed by atoms with Crippen molar-refractivity contribution in [3.8, 4) is 17.0 Å². The third-order valence-electron chi connectivity index (χ3n) is 6.49. The molecule has 4 heterocycles. The van der Waals surface area contributed by atoms with Crippen LogP contribution in [0, 0.1) is 12.7 Å². The zero-order chi connectivity index (χ0) is 24.7. The Kier molecular flexibility index (Phi) is 5.86. The number of ether oxygens (including phenoxy) is 2. The molecule has 1 aromatic carbocycles. The summed E-state index contributed by atoms with van der Waals surface area (Å²) in [5.41, 5.74) is 8.40. The molecule has 0 aliphatic carbocycles. The standard InChI is InChI=1S/C25H27FN6O3/c1-15-11-20(30-24(29-15)31-10-8-25(27,13-31)14-34-2)32-12-17-16(23(32)33)7-9-28-22(17)21-18(26)5-4-6-19(21)35-3/h4-7,9,11H,8,10,12-14,27H2,1-3H3/t25-/m1/s1. The van der Waals surface area contributed by atoms with E-state index in [9.17, 15) is 9.18 Å². The van der Waals surface area contributed by atoms with Gasteiger partial charge in [-0.25, -0.2) is 9.37 Å². The highest BCUT2D eigenvalue weighted by Crippen LogP contribution is 2.38. The fourth-order valence-corrected chi connectivity index (χ4v) is 4.82. The van der Waals surface area contributed by atoms with Gasteiger partial charge < -0.3 is 20.1 Å². The first kappa shape index (κ1) is 23.1. The fourth-order valence-electron chi connectivity index (χ4n) is 4.82. The van der Waals surface area contributed by atoms with Gasteiger partial charge in [-0.05, 0) is 31.5 Å². The highest BCUT2D eigenvalue weighted by molar-refractivity contribution is 6.10. The van der Waals surface area contributed by atoms with Gasteiger partial charge in [0.05, 0.1) is 37.1 Å². The molecule has 2 aromatic heterocycles. The zero-order valence-electron chi connectivity index (χ0n) is 19.9. The number of nitrogens with two attached hydrogens (primary N) is 1. The number of methoxy groups -OCH3 is 2. The first-order valence-electron chi connectivity index (χ1n) is 11.3. The number of fused-ring (bicyclic) bond motifs is 1. The van der Waals surface area contributed by atoms with E-state index in [1.165, 1.54) is 19.4 Å². The van der Waals surface area contributed by atoms with Crippen LogP contribution in [0.4, 0.5) is 16.2 Å². The molecule has 0 radical (unpaired) electrons. The third-order valence-corrected chi connectivity index (χ3v) is 6.49. The Bertz CT molecular complexity index is 1300. The van der Waals surface area contributed by atoms with Gasteiger partial charge in [0.15, 0.2) is 0 Å². The summed E-state index contributed by atoms with van der Waals surface area (Å²) in [4.78, 5) is 30.7. The molecule has 1 fully saturated rings. The molecule has 0 bridgehead atoms. The maximum Gasteiger partial charge on any atom is 0.260 e. The Morgan fingerprint density at radius 2 is 2.06 bits per heavy atom. The molecule has 0 unspecified atom stereocenters. The fraction of sp³-hybridized carbons (Fsp3) is 0.360. The molecule has 2 N–H and O–H groups in total. The predicted octanol–water partition coefficient (Wildman–Crippen LogP) is 2.71. The van der Waals surface area contributed by atoms with Crippen LogP contribution in [0.1, 0.15) is 28.0 Å². The van der Waals surface area contributed by atoms with E-state index in [-0.39, 0.29) is 18.0 Å². The molecule has 1 amide bonds. The Morgan fingerprint density at radius 3 is 2.83 bits per heavy atom. The number of hydrogen-bond donors (Lipinski definition) is 1. The summed E-state index contributed by atoms with van der Waals surface area (Å²) in [5.74, 6) is 0.652. The summed E-state index contributed by atoms with van der Waals surface area (Å²) >= 11 is 0. The average molecular weight is 479 g/mol. The van der Waals surface area contributed by atoms with E-state index in [0.717, 1.165) is 12.1 Å². The van der Waals surface area contributed by atoms with Gasteiger partial charge in [0, 0.05) is 49.3 Å². The van der Waals surface area contributed by atoms with Gasteiger partial charge in [0.2, 0.25) is 5.95 Å². The monoisotopic (exact) mass is 478 g/mol. The maximum absolute atomic E-state index is 14.8. The average Bonchev–Trinajstić information content (AvgIpc) is 3.39. The quantitative estimate of drug-likeness (QED) is 0.576. The molecular weight excluding hydrogens is 451 g/mol. The molecule has 1 saturated heterocycles. The number of hydrogen-bond acceptors (Lipinski definition) is 8. The van der Waals surface area contributed by atoms with E-state index in [1.807, 2.05) is 11.8 Å². The van der Waals surface area contributed by atoms with Crippen molar-refractivity contribution in [2.24, 2.45) is 5.73 Å². The van der Waals surface area contributed by atoms with E-state index >= 15 is 0 Å². The van der Waals surface area contributed by atoms with E-state index in [1.54, 1.807) is 36.3 Å². The number of anilines is 2. The Balaban J connectivity index is 1.50. The van der Waals surface area contributed by atoms with Gasteiger partial charge >= 0.3 is 0 Å². The summed E-state index contributed by atoms with van der Waals surface area (Å²) in [7, 11) is 3.11. The molecule has 3 aromatic rings. The maximum atomic E-state index is 14.8. The van der Waals surface area contributed by atoms with Crippen molar-refractivity contribution in [1.29, 1.82) is 0 Å². The number of rotatable bonds is 6. The Morgan fingerprint density at radius 1 is 1.23 bits per heavy atom. The van der Waals surface area contributed by atoms with Gasteiger partial charge in [0.25, 0.3) is 5.91 Å². The van der Waals surface area contributed by atoms with Gasteiger partial charge in [-0.3, -0.25) is 14.7 Å². The number of benzene rings is 1. The Hall–Kier alpha value is -3.63. The van der Waals surface area contributed by atoms with Crippen molar-refractivity contribution in [2.75, 3.05) is 43.7 Å². The summed E-state index contributed by atoms with van der Waals surface area (Å²) in [6.07, 6.45) is 2.26. The number of aryl methyl sites for hydroxylation is 1. The summed E-state index contributed by atoms with van der Waals surface area (Å²) in [5, 5.41) is 0. The lowest BCUT2D eigenvalue weighted by atomic mass is 10.0. The van der Waals surface area contributed by atoms with Crippen molar-refractivity contribution in [3.63, 3.8) is 0 Å². The lowest BCUT2D eigenvalue weighted by molar-refractivity contribution is 0.0996. The molecule has 0 saturated carbocycles. The van der Waals surface area contributed by atoms with Crippen LogP contribution in [0.15, 0.2) is 36.5 Å². The number of pyridine rings is 1. The van der Waals surface area contributed by atoms with Gasteiger partial charge in [-0.15, -0.1) is 0 Å². The van der Waals surface area contributed by atoms with E-state index in [2.05, 4.69) is 9.97 Å². The first-order chi connectivity index (χ1) is 16.8. The topological polar surface area (TPSA) is 107 Å². The number of halogens is 1. The van der Waals surface area contributed by atoms with Gasteiger partial charge in [0.1, 0.15) is 17.4 Å². The van der Waals surface area contributed by atoms with E-state index in [4.69, 9.17) is 20.2 Å². The van der Waals surface area contributed by atoms with Crippen molar-refractivity contribution in [2.45, 2.75) is 25.4 Å². The molecule has 0 spiro atoms. The van der Waals surface area contributed by atoms with Crippen LogP contribution in [0.25, 0.3) is 11.3 Å². The number of carbonyl (C=O) groups excluding carboxylic acids is 1. The second-order valence-electron chi connectivity index (χ2n) is 9.03. The SMILES string of the molecule is COC[C@@]1(N)CCN(c2nc(C)cc(N3Cc4c(ccnc4-c4c(F)cccc4OC)C3=O)n2)C1. The molecule has 10 heteroatoms. The number of nitrogens with zero attached hydrogens (tertiary/aromatic N) is 5. The highest BCUT2D eigenvalue weighted by atomic mass is 19.1.